The van der Waals surface area contributed by atoms with E-state index in [0.29, 0.717) is 32.5 Å². The molecule has 0 fully saturated rings. The average Bonchev–Trinajstić information content (AvgIpc) is 2.29. The molecule has 6 nitrogen and oxygen atoms in total. The SMILES string of the molecule is CCCN(C[Si](OCC)(OCC)OCC)C(N)=O. The number of nitrogens with zero attached hydrogens (tertiary/aromatic N) is 1. The Hall–Kier alpha value is -0.633. The van der Waals surface area contributed by atoms with Gasteiger partial charge in [0.1, 0.15) is 0 Å². The molecule has 0 unspecified atom stereocenters. The number of carbonyl (C=O) groups is 1. The molecule has 0 aromatic heterocycles. The fourth-order valence-electron chi connectivity index (χ4n) is 1.69. The first kappa shape index (κ1) is 17.4. The summed E-state index contributed by atoms with van der Waals surface area (Å²) in [5.74, 6) is 0. The summed E-state index contributed by atoms with van der Waals surface area (Å²) in [7, 11) is -2.83. The standard InChI is InChI=1S/C11H26N2O4Si/c1-5-9-13(11(12)14)10-18(15-6-2,16-7-3)17-8-4/h5-10H2,1-4H3,(H2,12,14). The lowest BCUT2D eigenvalue weighted by molar-refractivity contribution is 0.0604. The first-order valence-electron chi connectivity index (χ1n) is 6.51. The number of nitrogens with two attached hydrogens (primary N) is 1. The molecule has 7 heteroatoms. The smallest absolute Gasteiger partial charge is 0.373 e. The number of carbonyl (C=O) groups excluding carboxylic acids is 1. The Bertz CT molecular complexity index is 224. The minimum absolute atomic E-state index is 0.311. The van der Waals surface area contributed by atoms with Gasteiger partial charge in [0.05, 0.1) is 6.17 Å². The van der Waals surface area contributed by atoms with Gasteiger partial charge in [0.2, 0.25) is 0 Å². The molecule has 108 valence electrons. The maximum absolute atomic E-state index is 11.4. The molecule has 0 atom stereocenters. The van der Waals surface area contributed by atoms with E-state index in [1.54, 1.807) is 0 Å². The second kappa shape index (κ2) is 9.32. The van der Waals surface area contributed by atoms with Gasteiger partial charge in [0.15, 0.2) is 0 Å². The van der Waals surface area contributed by atoms with Gasteiger partial charge in [-0.2, -0.15) is 0 Å². The lowest BCUT2D eigenvalue weighted by Crippen LogP contribution is -2.57. The van der Waals surface area contributed by atoms with E-state index in [1.165, 1.54) is 4.90 Å². The van der Waals surface area contributed by atoms with Crippen molar-refractivity contribution in [3.63, 3.8) is 0 Å². The van der Waals surface area contributed by atoms with Crippen molar-refractivity contribution in [2.24, 2.45) is 5.73 Å². The van der Waals surface area contributed by atoms with E-state index in [-0.39, 0.29) is 0 Å². The average molecular weight is 278 g/mol. The van der Waals surface area contributed by atoms with Crippen molar-refractivity contribution in [1.29, 1.82) is 0 Å². The maximum Gasteiger partial charge on any atom is 0.521 e. The van der Waals surface area contributed by atoms with Gasteiger partial charge < -0.3 is 23.9 Å². The van der Waals surface area contributed by atoms with Crippen LogP contribution in [0, 0.1) is 0 Å². The zero-order valence-corrected chi connectivity index (χ0v) is 12.9. The third-order valence-corrected chi connectivity index (χ3v) is 5.24. The second-order valence-corrected chi connectivity index (χ2v) is 6.29. The largest absolute Gasteiger partial charge is 0.521 e. The van der Waals surface area contributed by atoms with Crippen molar-refractivity contribution >= 4 is 14.8 Å². The van der Waals surface area contributed by atoms with Crippen molar-refractivity contribution in [3.8, 4) is 0 Å². The number of hydrogen-bond acceptors (Lipinski definition) is 4. The van der Waals surface area contributed by atoms with Crippen LogP contribution in [0.25, 0.3) is 0 Å². The van der Waals surface area contributed by atoms with Crippen LogP contribution in [0.3, 0.4) is 0 Å². The summed E-state index contributed by atoms with van der Waals surface area (Å²) in [6.07, 6.45) is 1.14. The molecular formula is C11H26N2O4Si. The maximum atomic E-state index is 11.4. The normalized spacial score (nSPS) is 11.6. The van der Waals surface area contributed by atoms with Gasteiger partial charge in [0, 0.05) is 26.4 Å². The Morgan fingerprint density at radius 3 is 1.78 bits per heavy atom. The van der Waals surface area contributed by atoms with Crippen molar-refractivity contribution in [1.82, 2.24) is 4.90 Å². The summed E-state index contributed by atoms with van der Waals surface area (Å²) in [6.45, 7) is 9.69. The highest BCUT2D eigenvalue weighted by atomic mass is 28.4. The molecule has 0 aliphatic carbocycles. The highest BCUT2D eigenvalue weighted by molar-refractivity contribution is 6.61. The van der Waals surface area contributed by atoms with Crippen LogP contribution in [0.2, 0.25) is 0 Å². The Kier molecular flexibility index (Phi) is 8.99. The van der Waals surface area contributed by atoms with E-state index in [1.807, 2.05) is 27.7 Å². The van der Waals surface area contributed by atoms with Crippen LogP contribution in [-0.2, 0) is 13.3 Å². The predicted octanol–water partition coefficient (Wildman–Crippen LogP) is 1.36. The van der Waals surface area contributed by atoms with Crippen molar-refractivity contribution in [2.75, 3.05) is 32.5 Å². The van der Waals surface area contributed by atoms with Crippen molar-refractivity contribution in [3.05, 3.63) is 0 Å². The zero-order chi connectivity index (χ0) is 14.0. The number of rotatable bonds is 10. The van der Waals surface area contributed by atoms with E-state index in [2.05, 4.69) is 0 Å². The molecular weight excluding hydrogens is 252 g/mol. The molecule has 0 aliphatic rings. The molecule has 18 heavy (non-hydrogen) atoms. The molecule has 0 saturated carbocycles. The fraction of sp³-hybridized carbons (Fsp3) is 0.909. The lowest BCUT2D eigenvalue weighted by atomic mass is 10.4. The molecule has 0 bridgehead atoms. The molecule has 0 aromatic rings. The van der Waals surface area contributed by atoms with Gasteiger partial charge in [0.25, 0.3) is 0 Å². The van der Waals surface area contributed by atoms with E-state index >= 15 is 0 Å². The van der Waals surface area contributed by atoms with E-state index < -0.39 is 14.8 Å². The summed E-state index contributed by atoms with van der Waals surface area (Å²) >= 11 is 0. The summed E-state index contributed by atoms with van der Waals surface area (Å²) in [5.41, 5.74) is 5.36. The summed E-state index contributed by atoms with van der Waals surface area (Å²) in [4.78, 5) is 12.9. The second-order valence-electron chi connectivity index (χ2n) is 3.74. The Labute approximate surface area is 111 Å². The zero-order valence-electron chi connectivity index (χ0n) is 11.9. The van der Waals surface area contributed by atoms with Crippen LogP contribution in [-0.4, -0.2) is 52.3 Å². The van der Waals surface area contributed by atoms with Crippen molar-refractivity contribution in [2.45, 2.75) is 34.1 Å². The lowest BCUT2D eigenvalue weighted by Gasteiger charge is -2.32. The van der Waals surface area contributed by atoms with Gasteiger partial charge in [-0.15, -0.1) is 0 Å². The Morgan fingerprint density at radius 2 is 1.50 bits per heavy atom. The number of hydrogen-bond donors (Lipinski definition) is 1. The Balaban J connectivity index is 4.84. The third kappa shape index (κ3) is 5.81. The van der Waals surface area contributed by atoms with Crippen LogP contribution in [0.1, 0.15) is 34.1 Å². The fourth-order valence-corrected chi connectivity index (χ4v) is 4.32. The number of urea groups is 1. The topological polar surface area (TPSA) is 74.0 Å². The Morgan fingerprint density at radius 1 is 1.06 bits per heavy atom. The van der Waals surface area contributed by atoms with Crippen LogP contribution in [0.4, 0.5) is 4.79 Å². The predicted molar refractivity (Wildman–Crippen MR) is 72.1 cm³/mol. The monoisotopic (exact) mass is 278 g/mol. The van der Waals surface area contributed by atoms with E-state index in [9.17, 15) is 4.79 Å². The summed E-state index contributed by atoms with van der Waals surface area (Å²) < 4.78 is 17.0. The molecule has 2 N–H and O–H groups in total. The van der Waals surface area contributed by atoms with Crippen LogP contribution in [0.5, 0.6) is 0 Å². The quantitative estimate of drug-likeness (QED) is 0.612. The molecule has 0 saturated heterocycles. The summed E-state index contributed by atoms with van der Waals surface area (Å²) in [6, 6.07) is -0.465. The van der Waals surface area contributed by atoms with Gasteiger partial charge in [-0.25, -0.2) is 4.79 Å². The van der Waals surface area contributed by atoms with Gasteiger partial charge in [-0.1, -0.05) is 6.92 Å². The molecule has 2 amide bonds. The molecule has 0 radical (unpaired) electrons. The highest BCUT2D eigenvalue weighted by Gasteiger charge is 2.43. The van der Waals surface area contributed by atoms with E-state index in [4.69, 9.17) is 19.0 Å². The minimum atomic E-state index is -2.83. The first-order chi connectivity index (χ1) is 8.55. The molecule has 0 aromatic carbocycles. The number of primary amides is 1. The molecule has 0 rings (SSSR count). The first-order valence-corrected chi connectivity index (χ1v) is 8.44. The van der Waals surface area contributed by atoms with Crippen LogP contribution >= 0.6 is 0 Å². The van der Waals surface area contributed by atoms with Gasteiger partial charge in [-0.3, -0.25) is 0 Å². The van der Waals surface area contributed by atoms with Crippen LogP contribution in [0.15, 0.2) is 0 Å². The third-order valence-electron chi connectivity index (χ3n) is 2.28. The number of amides is 2. The van der Waals surface area contributed by atoms with Crippen molar-refractivity contribution < 1.29 is 18.1 Å². The van der Waals surface area contributed by atoms with Gasteiger partial charge in [-0.05, 0) is 27.2 Å². The van der Waals surface area contributed by atoms with Crippen LogP contribution < -0.4 is 5.73 Å². The molecule has 0 heterocycles. The molecule has 0 aliphatic heterocycles. The molecule has 0 spiro atoms. The summed E-state index contributed by atoms with van der Waals surface area (Å²) in [5, 5.41) is 0. The van der Waals surface area contributed by atoms with Gasteiger partial charge >= 0.3 is 14.8 Å². The highest BCUT2D eigenvalue weighted by Crippen LogP contribution is 2.12. The minimum Gasteiger partial charge on any atom is -0.373 e. The van der Waals surface area contributed by atoms with E-state index in [0.717, 1.165) is 6.42 Å².